The molecule has 1 saturated heterocycles. The number of aromatic nitrogens is 2. The molecule has 1 fully saturated rings. The van der Waals surface area contributed by atoms with Crippen LogP contribution in [0, 0.1) is 0 Å². The topological polar surface area (TPSA) is 88.3 Å². The van der Waals surface area contributed by atoms with E-state index in [1.54, 1.807) is 4.90 Å². The van der Waals surface area contributed by atoms with Crippen molar-refractivity contribution in [1.82, 2.24) is 20.4 Å². The Morgan fingerprint density at radius 2 is 1.96 bits per heavy atom. The van der Waals surface area contributed by atoms with E-state index in [2.05, 4.69) is 15.5 Å². The van der Waals surface area contributed by atoms with Crippen LogP contribution in [0.15, 0.2) is 4.52 Å². The molecule has 2 rings (SSSR count). The van der Waals surface area contributed by atoms with Crippen molar-refractivity contribution in [3.8, 4) is 0 Å². The molecule has 0 saturated carbocycles. The van der Waals surface area contributed by atoms with Crippen LogP contribution >= 0.6 is 0 Å². The second kappa shape index (κ2) is 7.23. The van der Waals surface area contributed by atoms with Crippen molar-refractivity contribution in [3.05, 3.63) is 11.7 Å². The lowest BCUT2D eigenvalue weighted by Crippen LogP contribution is -2.48. The summed E-state index contributed by atoms with van der Waals surface area (Å²) in [5, 5.41) is 7.04. The van der Waals surface area contributed by atoms with Crippen LogP contribution in [0.2, 0.25) is 0 Å². The van der Waals surface area contributed by atoms with Crippen molar-refractivity contribution < 1.29 is 14.1 Å². The van der Waals surface area contributed by atoms with Crippen molar-refractivity contribution in [3.63, 3.8) is 0 Å². The van der Waals surface area contributed by atoms with Crippen LogP contribution in [-0.4, -0.2) is 51.4 Å². The lowest BCUT2D eigenvalue weighted by Gasteiger charge is -2.26. The Hall–Kier alpha value is -1.76. The minimum absolute atomic E-state index is 0.0663. The van der Waals surface area contributed by atoms with Crippen molar-refractivity contribution in [2.24, 2.45) is 0 Å². The molecule has 140 valence electrons. The number of likely N-dealkylation sites (tertiary alicyclic amines) is 1. The van der Waals surface area contributed by atoms with E-state index in [0.717, 1.165) is 12.8 Å². The van der Waals surface area contributed by atoms with Gasteiger partial charge in [0.05, 0.1) is 12.6 Å². The SMILES string of the molecule is CCC(C)(C)c1nc(C(=O)C2CCCN2C(=O)CNC(C)(C)C)no1. The molecular formula is C18H30N4O3. The number of hydrogen-bond acceptors (Lipinski definition) is 6. The third kappa shape index (κ3) is 4.66. The maximum atomic E-state index is 12.8. The van der Waals surface area contributed by atoms with E-state index in [0.29, 0.717) is 18.9 Å². The van der Waals surface area contributed by atoms with E-state index in [4.69, 9.17) is 4.52 Å². The molecule has 25 heavy (non-hydrogen) atoms. The molecule has 0 spiro atoms. The van der Waals surface area contributed by atoms with Gasteiger partial charge in [0.1, 0.15) is 0 Å². The lowest BCUT2D eigenvalue weighted by atomic mass is 9.90. The number of rotatable bonds is 6. The smallest absolute Gasteiger partial charge is 0.240 e. The molecule has 7 nitrogen and oxygen atoms in total. The predicted molar refractivity (Wildman–Crippen MR) is 94.4 cm³/mol. The number of ketones is 1. The molecule has 1 aliphatic rings. The summed E-state index contributed by atoms with van der Waals surface area (Å²) in [7, 11) is 0. The second-order valence-corrected chi connectivity index (χ2v) is 8.37. The molecule has 7 heteroatoms. The molecule has 2 heterocycles. The summed E-state index contributed by atoms with van der Waals surface area (Å²) in [6, 6.07) is -0.496. The van der Waals surface area contributed by atoms with Crippen LogP contribution in [0.3, 0.4) is 0 Å². The highest BCUT2D eigenvalue weighted by Crippen LogP contribution is 2.26. The van der Waals surface area contributed by atoms with Gasteiger partial charge in [0, 0.05) is 17.5 Å². The van der Waals surface area contributed by atoms with E-state index in [1.807, 2.05) is 41.5 Å². The van der Waals surface area contributed by atoms with Gasteiger partial charge >= 0.3 is 0 Å². The standard InChI is InChI=1S/C18H30N4O3/c1-7-18(5,6)16-20-15(21-25-16)14(24)12-9-8-10-22(12)13(23)11-19-17(2,3)4/h12,19H,7-11H2,1-6H3. The first kappa shape index (κ1) is 19.6. The molecule has 1 amide bonds. The predicted octanol–water partition coefficient (Wildman–Crippen LogP) is 2.32. The van der Waals surface area contributed by atoms with Gasteiger partial charge in [0.25, 0.3) is 0 Å². The van der Waals surface area contributed by atoms with Crippen LogP contribution < -0.4 is 5.32 Å². The first-order valence-electron chi connectivity index (χ1n) is 8.98. The molecule has 0 radical (unpaired) electrons. The number of carbonyl (C=O) groups excluding carboxylic acids is 2. The van der Waals surface area contributed by atoms with Gasteiger partial charge in [-0.2, -0.15) is 4.98 Å². The zero-order chi connectivity index (χ0) is 18.8. The van der Waals surface area contributed by atoms with Crippen molar-refractivity contribution >= 4 is 11.7 Å². The van der Waals surface area contributed by atoms with E-state index < -0.39 is 6.04 Å². The fraction of sp³-hybridized carbons (Fsp3) is 0.778. The number of carbonyl (C=O) groups is 2. The number of nitrogens with zero attached hydrogens (tertiary/aromatic N) is 3. The van der Waals surface area contributed by atoms with E-state index in [1.165, 1.54) is 0 Å². The Balaban J connectivity index is 2.09. The van der Waals surface area contributed by atoms with E-state index in [-0.39, 0.29) is 35.0 Å². The maximum absolute atomic E-state index is 12.8. The summed E-state index contributed by atoms with van der Waals surface area (Å²) in [5.41, 5.74) is -0.420. The highest BCUT2D eigenvalue weighted by Gasteiger charge is 2.37. The third-order valence-corrected chi connectivity index (χ3v) is 4.75. The molecule has 1 unspecified atom stereocenters. The zero-order valence-corrected chi connectivity index (χ0v) is 16.2. The minimum atomic E-state index is -0.496. The number of Topliss-reactive ketones (excluding diaryl/α,β-unsaturated/α-hetero) is 1. The Morgan fingerprint density at radius 1 is 1.28 bits per heavy atom. The Kier molecular flexibility index (Phi) is 5.66. The van der Waals surface area contributed by atoms with Gasteiger partial charge < -0.3 is 14.7 Å². The largest absolute Gasteiger partial charge is 0.338 e. The van der Waals surface area contributed by atoms with Gasteiger partial charge in [-0.25, -0.2) is 0 Å². The summed E-state index contributed by atoms with van der Waals surface area (Å²) in [6.45, 7) is 12.8. The fourth-order valence-corrected chi connectivity index (χ4v) is 2.68. The summed E-state index contributed by atoms with van der Waals surface area (Å²) >= 11 is 0. The van der Waals surface area contributed by atoms with Crippen molar-refractivity contribution in [2.45, 2.75) is 77.8 Å². The molecule has 1 aromatic rings. The number of hydrogen-bond donors (Lipinski definition) is 1. The number of amides is 1. The van der Waals surface area contributed by atoms with Gasteiger partial charge in [-0.1, -0.05) is 25.9 Å². The highest BCUT2D eigenvalue weighted by molar-refractivity contribution is 5.99. The maximum Gasteiger partial charge on any atom is 0.240 e. The normalized spacial score (nSPS) is 18.6. The molecule has 0 aromatic carbocycles. The summed E-state index contributed by atoms with van der Waals surface area (Å²) in [6.07, 6.45) is 2.28. The molecule has 0 aliphatic carbocycles. The quantitative estimate of drug-likeness (QED) is 0.792. The Bertz CT molecular complexity index is 631. The first-order chi connectivity index (χ1) is 11.5. The second-order valence-electron chi connectivity index (χ2n) is 8.37. The van der Waals surface area contributed by atoms with Crippen LogP contribution in [0.4, 0.5) is 0 Å². The Morgan fingerprint density at radius 3 is 2.56 bits per heavy atom. The first-order valence-corrected chi connectivity index (χ1v) is 8.98. The van der Waals surface area contributed by atoms with Gasteiger partial charge in [-0.05, 0) is 40.0 Å². The van der Waals surface area contributed by atoms with Crippen LogP contribution in [-0.2, 0) is 10.2 Å². The average molecular weight is 350 g/mol. The number of nitrogens with one attached hydrogen (secondary N) is 1. The average Bonchev–Trinajstić information content (AvgIpc) is 3.20. The van der Waals surface area contributed by atoms with Crippen LogP contribution in [0.25, 0.3) is 0 Å². The lowest BCUT2D eigenvalue weighted by molar-refractivity contribution is -0.130. The summed E-state index contributed by atoms with van der Waals surface area (Å²) < 4.78 is 5.29. The van der Waals surface area contributed by atoms with E-state index in [9.17, 15) is 9.59 Å². The van der Waals surface area contributed by atoms with E-state index >= 15 is 0 Å². The van der Waals surface area contributed by atoms with Crippen molar-refractivity contribution in [2.75, 3.05) is 13.1 Å². The monoisotopic (exact) mass is 350 g/mol. The summed E-state index contributed by atoms with van der Waals surface area (Å²) in [4.78, 5) is 31.2. The molecule has 1 aromatic heterocycles. The third-order valence-electron chi connectivity index (χ3n) is 4.75. The fourth-order valence-electron chi connectivity index (χ4n) is 2.68. The van der Waals surface area contributed by atoms with Crippen LogP contribution in [0.1, 0.15) is 77.3 Å². The van der Waals surface area contributed by atoms with Crippen molar-refractivity contribution in [1.29, 1.82) is 0 Å². The molecule has 1 aliphatic heterocycles. The zero-order valence-electron chi connectivity index (χ0n) is 16.2. The van der Waals surface area contributed by atoms with Crippen LogP contribution in [0.5, 0.6) is 0 Å². The molecule has 1 N–H and O–H groups in total. The minimum Gasteiger partial charge on any atom is -0.338 e. The summed E-state index contributed by atoms with van der Waals surface area (Å²) in [5.74, 6) is 0.237. The molecule has 0 bridgehead atoms. The van der Waals surface area contributed by atoms with Gasteiger partial charge in [0.15, 0.2) is 0 Å². The highest BCUT2D eigenvalue weighted by atomic mass is 16.5. The van der Waals surface area contributed by atoms with Gasteiger partial charge in [-0.3, -0.25) is 9.59 Å². The Labute approximate surface area is 149 Å². The van der Waals surface area contributed by atoms with Gasteiger partial charge in [0.2, 0.25) is 23.4 Å². The van der Waals surface area contributed by atoms with Gasteiger partial charge in [-0.15, -0.1) is 0 Å². The molecular weight excluding hydrogens is 320 g/mol. The molecule has 1 atom stereocenters.